The Morgan fingerprint density at radius 3 is 2.40 bits per heavy atom. The largest absolute Gasteiger partial charge is 0.292 e. The van der Waals surface area contributed by atoms with Gasteiger partial charge in [-0.3, -0.25) is 14.9 Å². The van der Waals surface area contributed by atoms with Crippen LogP contribution in [0.3, 0.4) is 0 Å². The highest BCUT2D eigenvalue weighted by molar-refractivity contribution is 9.10. The van der Waals surface area contributed by atoms with Crippen LogP contribution in [-0.4, -0.2) is 11.8 Å². The fourth-order valence-electron chi connectivity index (χ4n) is 1.38. The Bertz CT molecular complexity index is 448. The lowest BCUT2D eigenvalue weighted by Crippen LogP contribution is -2.19. The lowest BCUT2D eigenvalue weighted by atomic mass is 10.1. The quantitative estimate of drug-likeness (QED) is 0.623. The second-order valence-corrected chi connectivity index (χ2v) is 4.19. The summed E-state index contributed by atoms with van der Waals surface area (Å²) in [7, 11) is 0. The maximum Gasteiger partial charge on any atom is 0.254 e. The van der Waals surface area contributed by atoms with Gasteiger partial charge in [-0.2, -0.15) is 0 Å². The molecule has 1 heterocycles. The molecule has 0 spiro atoms. The second kappa shape index (κ2) is 3.98. The van der Waals surface area contributed by atoms with E-state index in [-0.39, 0.29) is 18.2 Å². The van der Waals surface area contributed by atoms with E-state index in [4.69, 9.17) is 0 Å². The summed E-state index contributed by atoms with van der Waals surface area (Å²) in [5.74, 6) is -0.522. The predicted molar refractivity (Wildman–Crippen MR) is 59.9 cm³/mol. The Labute approximate surface area is 95.3 Å². The van der Waals surface area contributed by atoms with Crippen molar-refractivity contribution in [2.24, 2.45) is 0 Å². The first-order valence-electron chi connectivity index (χ1n) is 4.45. The molecule has 0 aromatic heterocycles. The monoisotopic (exact) mass is 265 g/mol. The molecule has 3 nitrogen and oxygen atoms in total. The van der Waals surface area contributed by atoms with E-state index >= 15 is 0 Å². The second-order valence-electron chi connectivity index (χ2n) is 3.28. The molecule has 1 aliphatic heterocycles. The zero-order valence-corrected chi connectivity index (χ0v) is 9.37. The summed E-state index contributed by atoms with van der Waals surface area (Å²) in [6, 6.07) is 7.54. The number of carbonyl (C=O) groups is 2. The predicted octanol–water partition coefficient (Wildman–Crippen LogP) is 1.88. The van der Waals surface area contributed by atoms with Gasteiger partial charge in [-0.05, 0) is 23.8 Å². The van der Waals surface area contributed by atoms with E-state index in [1.54, 1.807) is 6.08 Å². The van der Waals surface area contributed by atoms with Crippen molar-refractivity contribution in [1.29, 1.82) is 0 Å². The van der Waals surface area contributed by atoms with Crippen molar-refractivity contribution in [3.05, 3.63) is 39.9 Å². The molecule has 0 bridgehead atoms. The summed E-state index contributed by atoms with van der Waals surface area (Å²) in [5, 5.41) is 2.24. The molecule has 0 unspecified atom stereocenters. The fourth-order valence-corrected chi connectivity index (χ4v) is 1.65. The summed E-state index contributed by atoms with van der Waals surface area (Å²) < 4.78 is 0.983. The SMILES string of the molecule is O=C1C/C(=C\c2ccc(Br)cc2)C(=O)N1. The van der Waals surface area contributed by atoms with Crippen molar-refractivity contribution < 1.29 is 9.59 Å². The summed E-state index contributed by atoms with van der Waals surface area (Å²) in [6.07, 6.45) is 1.90. The fraction of sp³-hybridized carbons (Fsp3) is 0.0909. The minimum absolute atomic E-state index is 0.175. The molecule has 1 saturated heterocycles. The van der Waals surface area contributed by atoms with E-state index < -0.39 is 0 Å². The van der Waals surface area contributed by atoms with Gasteiger partial charge in [-0.25, -0.2) is 0 Å². The normalized spacial score (nSPS) is 18.3. The molecular weight excluding hydrogens is 258 g/mol. The molecule has 4 heteroatoms. The van der Waals surface area contributed by atoms with Gasteiger partial charge in [0.15, 0.2) is 0 Å². The minimum atomic E-state index is -0.289. The van der Waals surface area contributed by atoms with E-state index in [0.717, 1.165) is 10.0 Å². The molecule has 76 valence electrons. The highest BCUT2D eigenvalue weighted by Crippen LogP contribution is 2.16. The Hall–Kier alpha value is -1.42. The van der Waals surface area contributed by atoms with Crippen LogP contribution in [0.1, 0.15) is 12.0 Å². The maximum atomic E-state index is 11.2. The third-order valence-corrected chi connectivity index (χ3v) is 2.64. The smallest absolute Gasteiger partial charge is 0.254 e. The molecule has 1 aromatic carbocycles. The number of rotatable bonds is 1. The number of hydrogen-bond donors (Lipinski definition) is 1. The number of halogens is 1. The third kappa shape index (κ3) is 2.33. The Balaban J connectivity index is 2.27. The Kier molecular flexibility index (Phi) is 2.68. The van der Waals surface area contributed by atoms with Gasteiger partial charge >= 0.3 is 0 Å². The van der Waals surface area contributed by atoms with Crippen molar-refractivity contribution >= 4 is 33.8 Å². The van der Waals surface area contributed by atoms with Gasteiger partial charge in [-0.1, -0.05) is 28.1 Å². The van der Waals surface area contributed by atoms with Crippen molar-refractivity contribution in [2.45, 2.75) is 6.42 Å². The van der Waals surface area contributed by atoms with Crippen LogP contribution < -0.4 is 5.32 Å². The van der Waals surface area contributed by atoms with Crippen LogP contribution in [0.15, 0.2) is 34.3 Å². The van der Waals surface area contributed by atoms with Crippen LogP contribution in [0.25, 0.3) is 6.08 Å². The maximum absolute atomic E-state index is 11.2. The molecule has 0 aliphatic carbocycles. The molecule has 2 amide bonds. The van der Waals surface area contributed by atoms with Crippen LogP contribution in [0.4, 0.5) is 0 Å². The minimum Gasteiger partial charge on any atom is -0.292 e. The van der Waals surface area contributed by atoms with Crippen molar-refractivity contribution in [3.8, 4) is 0 Å². The van der Waals surface area contributed by atoms with Crippen molar-refractivity contribution in [2.75, 3.05) is 0 Å². The standard InChI is InChI=1S/C11H8BrNO2/c12-9-3-1-7(2-4-9)5-8-6-10(14)13-11(8)15/h1-5H,6H2,(H,13,14,15)/b8-5+. The van der Waals surface area contributed by atoms with Gasteiger partial charge in [0.1, 0.15) is 0 Å². The molecule has 0 atom stereocenters. The van der Waals surface area contributed by atoms with Gasteiger partial charge in [0.05, 0.1) is 6.42 Å². The molecular formula is C11H8BrNO2. The number of nitrogens with one attached hydrogen (secondary N) is 1. The van der Waals surface area contributed by atoms with Gasteiger partial charge in [0.25, 0.3) is 5.91 Å². The summed E-state index contributed by atoms with van der Waals surface area (Å²) >= 11 is 3.33. The molecule has 0 radical (unpaired) electrons. The molecule has 1 aromatic rings. The molecule has 1 fully saturated rings. The Morgan fingerprint density at radius 2 is 1.87 bits per heavy atom. The van der Waals surface area contributed by atoms with E-state index in [2.05, 4.69) is 21.2 Å². The van der Waals surface area contributed by atoms with Crippen LogP contribution in [0, 0.1) is 0 Å². The highest BCUT2D eigenvalue weighted by atomic mass is 79.9. The lowest BCUT2D eigenvalue weighted by molar-refractivity contribution is -0.124. The zero-order valence-electron chi connectivity index (χ0n) is 7.79. The number of carbonyl (C=O) groups excluding carboxylic acids is 2. The zero-order chi connectivity index (χ0) is 10.8. The van der Waals surface area contributed by atoms with Gasteiger partial charge in [0.2, 0.25) is 5.91 Å². The first kappa shape index (κ1) is 10.1. The number of imide groups is 1. The van der Waals surface area contributed by atoms with E-state index in [0.29, 0.717) is 5.57 Å². The third-order valence-electron chi connectivity index (χ3n) is 2.11. The summed E-state index contributed by atoms with van der Waals surface area (Å²) in [6.45, 7) is 0. The molecule has 2 rings (SSSR count). The summed E-state index contributed by atoms with van der Waals surface area (Å²) in [4.78, 5) is 22.2. The topological polar surface area (TPSA) is 46.2 Å². The lowest BCUT2D eigenvalue weighted by Gasteiger charge is -1.95. The molecule has 1 aliphatic rings. The van der Waals surface area contributed by atoms with E-state index in [9.17, 15) is 9.59 Å². The average molecular weight is 266 g/mol. The number of amides is 2. The highest BCUT2D eigenvalue weighted by Gasteiger charge is 2.23. The number of hydrogen-bond acceptors (Lipinski definition) is 2. The van der Waals surface area contributed by atoms with E-state index in [1.165, 1.54) is 0 Å². The molecule has 15 heavy (non-hydrogen) atoms. The molecule has 0 saturated carbocycles. The average Bonchev–Trinajstić information content (AvgIpc) is 2.49. The van der Waals surface area contributed by atoms with Gasteiger partial charge < -0.3 is 0 Å². The summed E-state index contributed by atoms with van der Waals surface area (Å²) in [5.41, 5.74) is 1.43. The van der Waals surface area contributed by atoms with E-state index in [1.807, 2.05) is 24.3 Å². The first-order valence-corrected chi connectivity index (χ1v) is 5.25. The van der Waals surface area contributed by atoms with Gasteiger partial charge in [0, 0.05) is 10.0 Å². The van der Waals surface area contributed by atoms with Crippen molar-refractivity contribution in [3.63, 3.8) is 0 Å². The van der Waals surface area contributed by atoms with Gasteiger partial charge in [-0.15, -0.1) is 0 Å². The number of benzene rings is 1. The molecule has 1 N–H and O–H groups in total. The Morgan fingerprint density at radius 1 is 1.20 bits per heavy atom. The first-order chi connectivity index (χ1) is 7.15. The van der Waals surface area contributed by atoms with Crippen LogP contribution in [0.5, 0.6) is 0 Å². The van der Waals surface area contributed by atoms with Crippen molar-refractivity contribution in [1.82, 2.24) is 5.32 Å². The van der Waals surface area contributed by atoms with Crippen LogP contribution in [-0.2, 0) is 9.59 Å². The van der Waals surface area contributed by atoms with Crippen LogP contribution in [0.2, 0.25) is 0 Å². The van der Waals surface area contributed by atoms with Crippen LogP contribution >= 0.6 is 15.9 Å².